The normalized spacial score (nSPS) is 13.6. The van der Waals surface area contributed by atoms with E-state index in [-0.39, 0.29) is 17.5 Å². The van der Waals surface area contributed by atoms with Gasteiger partial charge in [-0.15, -0.1) is 0 Å². The van der Waals surface area contributed by atoms with Crippen LogP contribution >= 0.6 is 0 Å². The Labute approximate surface area is 101 Å². The van der Waals surface area contributed by atoms with Gasteiger partial charge in [-0.05, 0) is 44.7 Å². The molecule has 1 unspecified atom stereocenters. The van der Waals surface area contributed by atoms with Crippen LogP contribution in [0.2, 0.25) is 0 Å². The number of sulfonamides is 1. The lowest BCUT2D eigenvalue weighted by Gasteiger charge is -2.13. The Balaban J connectivity index is 2.90. The SMILES string of the molecule is CNC(C)CNS(=O)(=O)c1ccc(F)cc1C. The molecular formula is C11H17FN2O2S. The van der Waals surface area contributed by atoms with E-state index in [2.05, 4.69) is 10.0 Å². The minimum absolute atomic E-state index is 0.0329. The fourth-order valence-corrected chi connectivity index (χ4v) is 2.68. The van der Waals surface area contributed by atoms with E-state index < -0.39 is 15.8 Å². The molecule has 0 heterocycles. The summed E-state index contributed by atoms with van der Waals surface area (Å²) in [6.07, 6.45) is 0. The zero-order chi connectivity index (χ0) is 13.1. The minimum Gasteiger partial charge on any atom is -0.316 e. The van der Waals surface area contributed by atoms with Gasteiger partial charge in [0.2, 0.25) is 10.0 Å². The van der Waals surface area contributed by atoms with Crippen molar-refractivity contribution in [3.63, 3.8) is 0 Å². The Morgan fingerprint density at radius 2 is 2.06 bits per heavy atom. The quantitative estimate of drug-likeness (QED) is 0.831. The molecule has 0 aliphatic heterocycles. The second-order valence-corrected chi connectivity index (χ2v) is 5.69. The maximum absolute atomic E-state index is 12.9. The predicted molar refractivity (Wildman–Crippen MR) is 64.8 cm³/mol. The third-order valence-corrected chi connectivity index (χ3v) is 4.08. The van der Waals surface area contributed by atoms with Crippen molar-refractivity contribution in [2.24, 2.45) is 0 Å². The first kappa shape index (κ1) is 14.1. The van der Waals surface area contributed by atoms with Crippen LogP contribution in [0.25, 0.3) is 0 Å². The van der Waals surface area contributed by atoms with Gasteiger partial charge < -0.3 is 5.32 Å². The van der Waals surface area contributed by atoms with Gasteiger partial charge in [0.05, 0.1) is 4.90 Å². The van der Waals surface area contributed by atoms with Gasteiger partial charge in [-0.2, -0.15) is 0 Å². The van der Waals surface area contributed by atoms with Crippen LogP contribution < -0.4 is 10.0 Å². The minimum atomic E-state index is -3.57. The molecule has 0 aliphatic carbocycles. The number of nitrogens with one attached hydrogen (secondary N) is 2. The molecule has 0 aromatic heterocycles. The van der Waals surface area contributed by atoms with Crippen LogP contribution in [0.15, 0.2) is 23.1 Å². The second-order valence-electron chi connectivity index (χ2n) is 3.95. The van der Waals surface area contributed by atoms with E-state index in [1.54, 1.807) is 14.0 Å². The average Bonchev–Trinajstić information content (AvgIpc) is 2.25. The second kappa shape index (κ2) is 5.57. The first-order valence-electron chi connectivity index (χ1n) is 5.30. The fourth-order valence-electron chi connectivity index (χ4n) is 1.33. The molecule has 17 heavy (non-hydrogen) atoms. The number of hydrogen-bond donors (Lipinski definition) is 2. The van der Waals surface area contributed by atoms with Gasteiger partial charge in [-0.25, -0.2) is 17.5 Å². The lowest BCUT2D eigenvalue weighted by molar-refractivity contribution is 0.553. The van der Waals surface area contributed by atoms with E-state index in [0.717, 1.165) is 6.07 Å². The molecule has 0 saturated heterocycles. The molecule has 0 aliphatic rings. The van der Waals surface area contributed by atoms with Crippen LogP contribution in [-0.2, 0) is 10.0 Å². The standard InChI is InChI=1S/C11H17FN2O2S/c1-8-6-10(12)4-5-11(8)17(15,16)14-7-9(2)13-3/h4-6,9,13-14H,7H2,1-3H3. The molecule has 6 heteroatoms. The molecule has 0 bridgehead atoms. The molecule has 0 spiro atoms. The zero-order valence-corrected chi connectivity index (χ0v) is 10.9. The van der Waals surface area contributed by atoms with Crippen molar-refractivity contribution in [2.45, 2.75) is 24.8 Å². The highest BCUT2D eigenvalue weighted by Gasteiger charge is 2.17. The van der Waals surface area contributed by atoms with Crippen molar-refractivity contribution in [3.05, 3.63) is 29.6 Å². The summed E-state index contributed by atoms with van der Waals surface area (Å²) < 4.78 is 39.2. The van der Waals surface area contributed by atoms with Crippen molar-refractivity contribution >= 4 is 10.0 Å². The average molecular weight is 260 g/mol. The lowest BCUT2D eigenvalue weighted by atomic mass is 10.2. The first-order valence-corrected chi connectivity index (χ1v) is 6.78. The van der Waals surface area contributed by atoms with E-state index in [1.807, 2.05) is 6.92 Å². The van der Waals surface area contributed by atoms with Crippen molar-refractivity contribution in [3.8, 4) is 0 Å². The van der Waals surface area contributed by atoms with Gasteiger partial charge in [0.15, 0.2) is 0 Å². The summed E-state index contributed by atoms with van der Waals surface area (Å²) in [6.45, 7) is 3.72. The van der Waals surface area contributed by atoms with E-state index in [1.165, 1.54) is 12.1 Å². The Hall–Kier alpha value is -0.980. The van der Waals surface area contributed by atoms with E-state index in [4.69, 9.17) is 0 Å². The summed E-state index contributed by atoms with van der Waals surface area (Å²) in [7, 11) is -1.82. The summed E-state index contributed by atoms with van der Waals surface area (Å²) in [5.74, 6) is -0.440. The maximum Gasteiger partial charge on any atom is 0.240 e. The monoisotopic (exact) mass is 260 g/mol. The third kappa shape index (κ3) is 3.76. The van der Waals surface area contributed by atoms with Crippen LogP contribution in [0.4, 0.5) is 4.39 Å². The summed E-state index contributed by atoms with van der Waals surface area (Å²) in [4.78, 5) is 0.113. The Kier molecular flexibility index (Phi) is 4.62. The molecular weight excluding hydrogens is 243 g/mol. The van der Waals surface area contributed by atoms with Gasteiger partial charge >= 0.3 is 0 Å². The Bertz CT molecular complexity index is 488. The summed E-state index contributed by atoms with van der Waals surface area (Å²) >= 11 is 0. The van der Waals surface area contributed by atoms with Crippen LogP contribution in [0.3, 0.4) is 0 Å². The summed E-state index contributed by atoms with van der Waals surface area (Å²) in [6, 6.07) is 3.65. The van der Waals surface area contributed by atoms with Crippen molar-refractivity contribution < 1.29 is 12.8 Å². The topological polar surface area (TPSA) is 58.2 Å². The highest BCUT2D eigenvalue weighted by Crippen LogP contribution is 2.15. The molecule has 0 fully saturated rings. The third-order valence-electron chi connectivity index (χ3n) is 2.50. The van der Waals surface area contributed by atoms with Crippen LogP contribution in [0.1, 0.15) is 12.5 Å². The molecule has 1 aromatic carbocycles. The van der Waals surface area contributed by atoms with Crippen molar-refractivity contribution in [1.29, 1.82) is 0 Å². The number of rotatable bonds is 5. The molecule has 4 nitrogen and oxygen atoms in total. The molecule has 96 valence electrons. The Morgan fingerprint density at radius 1 is 1.41 bits per heavy atom. The Morgan fingerprint density at radius 3 is 2.59 bits per heavy atom. The smallest absolute Gasteiger partial charge is 0.240 e. The summed E-state index contributed by atoms with van der Waals surface area (Å²) in [5, 5.41) is 2.93. The van der Waals surface area contributed by atoms with Crippen LogP contribution in [-0.4, -0.2) is 28.1 Å². The van der Waals surface area contributed by atoms with Gasteiger partial charge in [0, 0.05) is 12.6 Å². The van der Waals surface area contributed by atoms with Gasteiger partial charge in [-0.3, -0.25) is 0 Å². The number of aryl methyl sites for hydroxylation is 1. The van der Waals surface area contributed by atoms with Gasteiger partial charge in [-0.1, -0.05) is 0 Å². The largest absolute Gasteiger partial charge is 0.316 e. The molecule has 2 N–H and O–H groups in total. The number of hydrogen-bond acceptors (Lipinski definition) is 3. The van der Waals surface area contributed by atoms with Gasteiger partial charge in [0.25, 0.3) is 0 Å². The molecule has 1 atom stereocenters. The molecule has 1 aromatic rings. The number of benzene rings is 1. The van der Waals surface area contributed by atoms with E-state index in [0.29, 0.717) is 5.56 Å². The zero-order valence-electron chi connectivity index (χ0n) is 10.1. The van der Waals surface area contributed by atoms with E-state index >= 15 is 0 Å². The highest BCUT2D eigenvalue weighted by atomic mass is 32.2. The lowest BCUT2D eigenvalue weighted by Crippen LogP contribution is -2.37. The van der Waals surface area contributed by atoms with Gasteiger partial charge in [0.1, 0.15) is 5.82 Å². The van der Waals surface area contributed by atoms with Crippen LogP contribution in [0.5, 0.6) is 0 Å². The molecule has 1 rings (SSSR count). The molecule has 0 amide bonds. The summed E-state index contributed by atoms with van der Waals surface area (Å²) in [5.41, 5.74) is 0.398. The predicted octanol–water partition coefficient (Wildman–Crippen LogP) is 1.02. The number of halogens is 1. The first-order chi connectivity index (χ1) is 7.86. The number of likely N-dealkylation sites (N-methyl/N-ethyl adjacent to an activating group) is 1. The fraction of sp³-hybridized carbons (Fsp3) is 0.455. The van der Waals surface area contributed by atoms with Crippen molar-refractivity contribution in [1.82, 2.24) is 10.0 Å². The van der Waals surface area contributed by atoms with Crippen molar-refractivity contribution in [2.75, 3.05) is 13.6 Å². The van der Waals surface area contributed by atoms with Crippen LogP contribution in [0, 0.1) is 12.7 Å². The maximum atomic E-state index is 12.9. The molecule has 0 saturated carbocycles. The molecule has 0 radical (unpaired) electrons. The van der Waals surface area contributed by atoms with E-state index in [9.17, 15) is 12.8 Å². The highest BCUT2D eigenvalue weighted by molar-refractivity contribution is 7.89.